The second kappa shape index (κ2) is 8.34. The molecule has 2 aromatic rings. The monoisotopic (exact) mass is 492 g/mol. The molecule has 0 radical (unpaired) electrons. The highest BCUT2D eigenvalue weighted by molar-refractivity contribution is 14.1. The van der Waals surface area contributed by atoms with Gasteiger partial charge >= 0.3 is 6.03 Å². The van der Waals surface area contributed by atoms with Gasteiger partial charge in [-0.1, -0.05) is 18.7 Å². The number of hydrogen-bond donors (Lipinski definition) is 1. The van der Waals surface area contributed by atoms with Crippen molar-refractivity contribution in [2.75, 3.05) is 11.5 Å². The van der Waals surface area contributed by atoms with Crippen LogP contribution in [0.1, 0.15) is 5.56 Å². The number of benzene rings is 2. The van der Waals surface area contributed by atoms with Gasteiger partial charge in [0.1, 0.15) is 23.7 Å². The first kappa shape index (κ1) is 19.7. The molecule has 142 valence electrons. The fraction of sp³-hybridized carbons (Fsp3) is 0.0500. The minimum Gasteiger partial charge on any atom is -0.488 e. The van der Waals surface area contributed by atoms with Gasteiger partial charge < -0.3 is 4.74 Å². The zero-order chi connectivity index (χ0) is 20.3. The number of rotatable bonds is 5. The number of barbiturate groups is 1. The fourth-order valence-electron chi connectivity index (χ4n) is 2.52. The summed E-state index contributed by atoms with van der Waals surface area (Å²) >= 11 is 2.08. The van der Waals surface area contributed by atoms with Crippen molar-refractivity contribution in [2.45, 2.75) is 0 Å². The van der Waals surface area contributed by atoms with Crippen LogP contribution in [0.3, 0.4) is 0 Å². The molecule has 0 bridgehead atoms. The molecule has 0 spiro atoms. The standard InChI is InChI=1S/C20H14FIN2O4/c1-2-9-28-17-8-3-12(11-16(17)22)10-15-18(25)23-20(27)24(19(15)26)14-6-4-13(21)5-7-14/h2-8,10-11H,1,9H2,(H,23,25,27). The van der Waals surface area contributed by atoms with E-state index in [4.69, 9.17) is 4.74 Å². The van der Waals surface area contributed by atoms with Gasteiger partial charge in [0.25, 0.3) is 11.8 Å². The average molecular weight is 492 g/mol. The van der Waals surface area contributed by atoms with Crippen LogP contribution in [0.25, 0.3) is 6.08 Å². The number of amides is 4. The van der Waals surface area contributed by atoms with Crippen LogP contribution in [0.15, 0.2) is 60.7 Å². The molecular formula is C20H14FIN2O4. The molecule has 0 saturated carbocycles. The van der Waals surface area contributed by atoms with Crippen molar-refractivity contribution in [1.29, 1.82) is 0 Å². The topological polar surface area (TPSA) is 75.7 Å². The Hall–Kier alpha value is -3.01. The molecule has 4 amide bonds. The van der Waals surface area contributed by atoms with Gasteiger partial charge in [0.15, 0.2) is 0 Å². The molecule has 1 heterocycles. The maximum absolute atomic E-state index is 13.1. The number of ether oxygens (including phenoxy) is 1. The predicted octanol–water partition coefficient (Wildman–Crippen LogP) is 3.66. The highest BCUT2D eigenvalue weighted by Gasteiger charge is 2.36. The molecule has 8 heteroatoms. The van der Waals surface area contributed by atoms with Crippen molar-refractivity contribution >= 4 is 52.2 Å². The molecule has 1 fully saturated rings. The lowest BCUT2D eigenvalue weighted by molar-refractivity contribution is -0.122. The smallest absolute Gasteiger partial charge is 0.335 e. The van der Waals surface area contributed by atoms with E-state index in [2.05, 4.69) is 34.5 Å². The summed E-state index contributed by atoms with van der Waals surface area (Å²) in [5.74, 6) is -1.45. The molecule has 1 aliphatic heterocycles. The minimum absolute atomic E-state index is 0.157. The van der Waals surface area contributed by atoms with Crippen molar-refractivity contribution in [1.82, 2.24) is 5.32 Å². The lowest BCUT2D eigenvalue weighted by Gasteiger charge is -2.26. The van der Waals surface area contributed by atoms with Gasteiger partial charge in [0.05, 0.1) is 9.26 Å². The van der Waals surface area contributed by atoms with E-state index >= 15 is 0 Å². The van der Waals surface area contributed by atoms with Gasteiger partial charge in [0.2, 0.25) is 0 Å². The largest absolute Gasteiger partial charge is 0.488 e. The number of imide groups is 2. The third kappa shape index (κ3) is 4.11. The molecule has 28 heavy (non-hydrogen) atoms. The molecule has 2 aromatic carbocycles. The number of carbonyl (C=O) groups excluding carboxylic acids is 3. The number of nitrogens with one attached hydrogen (secondary N) is 1. The van der Waals surface area contributed by atoms with Crippen LogP contribution in [0.5, 0.6) is 5.75 Å². The Balaban J connectivity index is 1.93. The van der Waals surface area contributed by atoms with Crippen molar-refractivity contribution in [3.8, 4) is 5.75 Å². The second-order valence-corrected chi connectivity index (χ2v) is 6.89. The average Bonchev–Trinajstić information content (AvgIpc) is 2.66. The molecule has 3 rings (SSSR count). The third-order valence-corrected chi connectivity index (χ3v) is 4.65. The number of anilines is 1. The summed E-state index contributed by atoms with van der Waals surface area (Å²) in [6.45, 7) is 3.94. The summed E-state index contributed by atoms with van der Waals surface area (Å²) in [5, 5.41) is 2.12. The van der Waals surface area contributed by atoms with E-state index in [-0.39, 0.29) is 11.3 Å². The van der Waals surface area contributed by atoms with Crippen LogP contribution in [0.4, 0.5) is 14.9 Å². The summed E-state index contributed by atoms with van der Waals surface area (Å²) in [6.07, 6.45) is 3.01. The maximum Gasteiger partial charge on any atom is 0.335 e. The second-order valence-electron chi connectivity index (χ2n) is 5.72. The Kier molecular flexibility index (Phi) is 5.88. The van der Waals surface area contributed by atoms with Gasteiger partial charge in [0, 0.05) is 0 Å². The highest BCUT2D eigenvalue weighted by atomic mass is 127. The van der Waals surface area contributed by atoms with Gasteiger partial charge in [-0.15, -0.1) is 0 Å². The molecule has 1 N–H and O–H groups in total. The summed E-state index contributed by atoms with van der Waals surface area (Å²) < 4.78 is 19.4. The molecule has 0 aromatic heterocycles. The van der Waals surface area contributed by atoms with Crippen LogP contribution >= 0.6 is 22.6 Å². The lowest BCUT2D eigenvalue weighted by atomic mass is 10.1. The van der Waals surface area contributed by atoms with Crippen LogP contribution in [0.2, 0.25) is 0 Å². The SMILES string of the molecule is C=CCOc1ccc(C=C2C(=O)NC(=O)N(c3ccc(F)cc3)C2=O)cc1I. The summed E-state index contributed by atoms with van der Waals surface area (Å²) in [5.41, 5.74) is 0.534. The normalized spacial score (nSPS) is 15.6. The van der Waals surface area contributed by atoms with Crippen LogP contribution in [-0.4, -0.2) is 24.5 Å². The molecule has 0 aliphatic carbocycles. The van der Waals surface area contributed by atoms with E-state index in [1.807, 2.05) is 0 Å². The molecule has 1 saturated heterocycles. The van der Waals surface area contributed by atoms with Crippen molar-refractivity contribution in [3.05, 3.63) is 75.6 Å². The maximum atomic E-state index is 13.1. The number of carbonyl (C=O) groups is 3. The molecule has 1 aliphatic rings. The Bertz CT molecular complexity index is 1000. The van der Waals surface area contributed by atoms with E-state index in [1.54, 1.807) is 24.3 Å². The third-order valence-electron chi connectivity index (χ3n) is 3.81. The molecule has 0 atom stereocenters. The number of hydrogen-bond acceptors (Lipinski definition) is 4. The quantitative estimate of drug-likeness (QED) is 0.299. The number of nitrogens with zero attached hydrogens (tertiary/aromatic N) is 1. The van der Waals surface area contributed by atoms with Gasteiger partial charge in [-0.05, 0) is 70.6 Å². The predicted molar refractivity (Wildman–Crippen MR) is 110 cm³/mol. The highest BCUT2D eigenvalue weighted by Crippen LogP contribution is 2.25. The first-order valence-corrected chi connectivity index (χ1v) is 9.19. The fourth-order valence-corrected chi connectivity index (χ4v) is 3.22. The van der Waals surface area contributed by atoms with Crippen molar-refractivity contribution < 1.29 is 23.5 Å². The summed E-state index contributed by atoms with van der Waals surface area (Å²) in [7, 11) is 0. The number of urea groups is 1. The molecule has 0 unspecified atom stereocenters. The minimum atomic E-state index is -0.887. The van der Waals surface area contributed by atoms with E-state index < -0.39 is 23.7 Å². The Labute approximate surface area is 173 Å². The zero-order valence-electron chi connectivity index (χ0n) is 14.4. The molecule has 6 nitrogen and oxygen atoms in total. The lowest BCUT2D eigenvalue weighted by Crippen LogP contribution is -2.54. The zero-order valence-corrected chi connectivity index (χ0v) is 16.6. The van der Waals surface area contributed by atoms with E-state index in [1.165, 1.54) is 18.2 Å². The first-order chi connectivity index (χ1) is 13.4. The van der Waals surface area contributed by atoms with E-state index in [9.17, 15) is 18.8 Å². The number of halogens is 2. The van der Waals surface area contributed by atoms with E-state index in [0.29, 0.717) is 17.9 Å². The Morgan fingerprint density at radius 1 is 1.14 bits per heavy atom. The Morgan fingerprint density at radius 2 is 1.86 bits per heavy atom. The van der Waals surface area contributed by atoms with Gasteiger partial charge in [-0.3, -0.25) is 14.9 Å². The summed E-state index contributed by atoms with van der Waals surface area (Å²) in [6, 6.07) is 9.08. The van der Waals surface area contributed by atoms with Crippen LogP contribution in [0, 0.1) is 9.39 Å². The van der Waals surface area contributed by atoms with Crippen LogP contribution < -0.4 is 15.0 Å². The van der Waals surface area contributed by atoms with Crippen LogP contribution in [-0.2, 0) is 9.59 Å². The van der Waals surface area contributed by atoms with E-state index in [0.717, 1.165) is 20.6 Å². The molecular weight excluding hydrogens is 478 g/mol. The van der Waals surface area contributed by atoms with Crippen molar-refractivity contribution in [3.63, 3.8) is 0 Å². The van der Waals surface area contributed by atoms with Gasteiger partial charge in [-0.25, -0.2) is 14.1 Å². The first-order valence-electron chi connectivity index (χ1n) is 8.11. The van der Waals surface area contributed by atoms with Gasteiger partial charge in [-0.2, -0.15) is 0 Å². The summed E-state index contributed by atoms with van der Waals surface area (Å²) in [4.78, 5) is 37.9. The van der Waals surface area contributed by atoms with Crippen molar-refractivity contribution in [2.24, 2.45) is 0 Å². The Morgan fingerprint density at radius 3 is 2.50 bits per heavy atom.